The number of guanidine groups is 1. The molecule has 0 atom stereocenters. The highest BCUT2D eigenvalue weighted by molar-refractivity contribution is 14.0. The summed E-state index contributed by atoms with van der Waals surface area (Å²) in [5, 5.41) is 3.35. The standard InChI is InChI=1S/C18H35N3O4.HI/c1-4-19-18(20-10-6-7-13-24-15-14-23-3)21-11-8-16(9-12-21)17(22)25-5-2;/h16H,4-15H2,1-3H3,(H,19,20);1H. The van der Waals surface area contributed by atoms with Gasteiger partial charge in [0.05, 0.1) is 25.7 Å². The molecule has 0 unspecified atom stereocenters. The van der Waals surface area contributed by atoms with Gasteiger partial charge in [-0.25, -0.2) is 0 Å². The summed E-state index contributed by atoms with van der Waals surface area (Å²) in [6.45, 7) is 9.74. The number of carbonyl (C=O) groups excluding carboxylic acids is 1. The lowest BCUT2D eigenvalue weighted by molar-refractivity contribution is -0.149. The summed E-state index contributed by atoms with van der Waals surface area (Å²) in [7, 11) is 1.68. The largest absolute Gasteiger partial charge is 0.466 e. The fourth-order valence-corrected chi connectivity index (χ4v) is 2.76. The number of aliphatic imine (C=N–C) groups is 1. The van der Waals surface area contributed by atoms with Gasteiger partial charge in [-0.15, -0.1) is 24.0 Å². The summed E-state index contributed by atoms with van der Waals surface area (Å²) in [4.78, 5) is 18.8. The van der Waals surface area contributed by atoms with Gasteiger partial charge in [0.15, 0.2) is 5.96 Å². The van der Waals surface area contributed by atoms with Gasteiger partial charge in [-0.2, -0.15) is 0 Å². The number of nitrogens with zero attached hydrogens (tertiary/aromatic N) is 2. The Morgan fingerprint density at radius 3 is 2.50 bits per heavy atom. The van der Waals surface area contributed by atoms with Gasteiger partial charge < -0.3 is 24.4 Å². The van der Waals surface area contributed by atoms with E-state index in [0.29, 0.717) is 19.8 Å². The third-order valence-electron chi connectivity index (χ3n) is 4.14. The molecule has 1 aliphatic heterocycles. The second-order valence-corrected chi connectivity index (χ2v) is 6.06. The highest BCUT2D eigenvalue weighted by Crippen LogP contribution is 2.18. The van der Waals surface area contributed by atoms with Crippen molar-refractivity contribution in [2.75, 3.05) is 59.7 Å². The van der Waals surface area contributed by atoms with Crippen molar-refractivity contribution in [1.82, 2.24) is 10.2 Å². The number of hydrogen-bond acceptors (Lipinski definition) is 5. The molecule has 154 valence electrons. The summed E-state index contributed by atoms with van der Waals surface area (Å²) in [5.41, 5.74) is 0. The number of piperidine rings is 1. The Balaban J connectivity index is 0.00000625. The molecule has 1 N–H and O–H groups in total. The van der Waals surface area contributed by atoms with E-state index >= 15 is 0 Å². The second-order valence-electron chi connectivity index (χ2n) is 6.06. The van der Waals surface area contributed by atoms with Crippen LogP contribution in [0.1, 0.15) is 39.5 Å². The predicted octanol–water partition coefficient (Wildman–Crippen LogP) is 2.29. The summed E-state index contributed by atoms with van der Waals surface area (Å²) >= 11 is 0. The second kappa shape index (κ2) is 16.6. The van der Waals surface area contributed by atoms with Crippen LogP contribution in [0.4, 0.5) is 0 Å². The first-order valence-electron chi connectivity index (χ1n) is 9.49. The van der Waals surface area contributed by atoms with Crippen molar-refractivity contribution in [3.8, 4) is 0 Å². The Kier molecular flexibility index (Phi) is 16.2. The van der Waals surface area contributed by atoms with Gasteiger partial charge in [0, 0.05) is 39.9 Å². The molecule has 0 aliphatic carbocycles. The van der Waals surface area contributed by atoms with Crippen molar-refractivity contribution in [1.29, 1.82) is 0 Å². The SMILES string of the molecule is CCNC(=NCCCCOCCOC)N1CCC(C(=O)OCC)CC1.I. The van der Waals surface area contributed by atoms with Gasteiger partial charge in [-0.1, -0.05) is 0 Å². The van der Waals surface area contributed by atoms with Crippen LogP contribution in [-0.4, -0.2) is 76.5 Å². The van der Waals surface area contributed by atoms with E-state index in [1.807, 2.05) is 6.92 Å². The van der Waals surface area contributed by atoms with Crippen molar-refractivity contribution in [2.45, 2.75) is 39.5 Å². The normalized spacial score (nSPS) is 15.5. The lowest BCUT2D eigenvalue weighted by Gasteiger charge is -2.33. The van der Waals surface area contributed by atoms with E-state index in [4.69, 9.17) is 19.2 Å². The number of hydrogen-bond donors (Lipinski definition) is 1. The van der Waals surface area contributed by atoms with Crippen LogP contribution in [0.2, 0.25) is 0 Å². The average Bonchev–Trinajstić information content (AvgIpc) is 2.63. The van der Waals surface area contributed by atoms with E-state index in [-0.39, 0.29) is 35.9 Å². The van der Waals surface area contributed by atoms with Gasteiger partial charge in [0.2, 0.25) is 0 Å². The maximum Gasteiger partial charge on any atom is 0.309 e. The number of carbonyl (C=O) groups is 1. The molecule has 8 heteroatoms. The molecule has 1 rings (SSSR count). The van der Waals surface area contributed by atoms with Crippen molar-refractivity contribution in [2.24, 2.45) is 10.9 Å². The summed E-state index contributed by atoms with van der Waals surface area (Å²) in [5.74, 6) is 0.922. The Bertz CT molecular complexity index is 389. The highest BCUT2D eigenvalue weighted by atomic mass is 127. The molecular weight excluding hydrogens is 449 g/mol. The molecule has 1 aliphatic rings. The fraction of sp³-hybridized carbons (Fsp3) is 0.889. The topological polar surface area (TPSA) is 72.4 Å². The predicted molar refractivity (Wildman–Crippen MR) is 114 cm³/mol. The van der Waals surface area contributed by atoms with Gasteiger partial charge in [-0.05, 0) is 39.5 Å². The minimum Gasteiger partial charge on any atom is -0.466 e. The minimum atomic E-state index is -0.0578. The van der Waals surface area contributed by atoms with Crippen LogP contribution in [0.3, 0.4) is 0 Å². The van der Waals surface area contributed by atoms with Crippen LogP contribution in [0.5, 0.6) is 0 Å². The molecule has 0 spiro atoms. The number of ether oxygens (including phenoxy) is 3. The van der Waals surface area contributed by atoms with E-state index in [1.54, 1.807) is 7.11 Å². The lowest BCUT2D eigenvalue weighted by Crippen LogP contribution is -2.46. The van der Waals surface area contributed by atoms with E-state index in [1.165, 1.54) is 0 Å². The first-order valence-corrected chi connectivity index (χ1v) is 9.49. The average molecular weight is 485 g/mol. The molecule has 0 saturated carbocycles. The summed E-state index contributed by atoms with van der Waals surface area (Å²) < 4.78 is 15.5. The number of unbranched alkanes of at least 4 members (excludes halogenated alkanes) is 1. The first kappa shape index (κ1) is 25.4. The molecule has 0 amide bonds. The summed E-state index contributed by atoms with van der Waals surface area (Å²) in [6.07, 6.45) is 3.66. The quantitative estimate of drug-likeness (QED) is 0.159. The van der Waals surface area contributed by atoms with Gasteiger partial charge in [0.25, 0.3) is 0 Å². The summed E-state index contributed by atoms with van der Waals surface area (Å²) in [6, 6.07) is 0. The van der Waals surface area contributed by atoms with Crippen molar-refractivity contribution in [3.05, 3.63) is 0 Å². The van der Waals surface area contributed by atoms with Gasteiger partial charge in [-0.3, -0.25) is 9.79 Å². The molecule has 7 nitrogen and oxygen atoms in total. The molecule has 26 heavy (non-hydrogen) atoms. The van der Waals surface area contributed by atoms with E-state index in [2.05, 4.69) is 17.1 Å². The third kappa shape index (κ3) is 10.5. The first-order chi connectivity index (χ1) is 12.2. The molecule has 0 bridgehead atoms. The van der Waals surface area contributed by atoms with Crippen LogP contribution in [0.15, 0.2) is 4.99 Å². The molecule has 0 radical (unpaired) electrons. The smallest absolute Gasteiger partial charge is 0.309 e. The number of methoxy groups -OCH3 is 1. The molecule has 1 heterocycles. The highest BCUT2D eigenvalue weighted by Gasteiger charge is 2.27. The zero-order chi connectivity index (χ0) is 18.3. The van der Waals surface area contributed by atoms with Crippen molar-refractivity contribution in [3.63, 3.8) is 0 Å². The van der Waals surface area contributed by atoms with Gasteiger partial charge in [0.1, 0.15) is 0 Å². The monoisotopic (exact) mass is 485 g/mol. The fourth-order valence-electron chi connectivity index (χ4n) is 2.76. The molecule has 1 saturated heterocycles. The Morgan fingerprint density at radius 2 is 1.88 bits per heavy atom. The third-order valence-corrected chi connectivity index (χ3v) is 4.14. The molecule has 0 aromatic heterocycles. The number of likely N-dealkylation sites (tertiary alicyclic amines) is 1. The zero-order valence-electron chi connectivity index (χ0n) is 16.5. The number of rotatable bonds is 11. The van der Waals surface area contributed by atoms with Crippen molar-refractivity contribution >= 4 is 35.9 Å². The van der Waals surface area contributed by atoms with E-state index < -0.39 is 0 Å². The van der Waals surface area contributed by atoms with Crippen LogP contribution in [-0.2, 0) is 19.0 Å². The van der Waals surface area contributed by atoms with Crippen LogP contribution in [0.25, 0.3) is 0 Å². The number of nitrogens with one attached hydrogen (secondary N) is 1. The Hall–Kier alpha value is -0.610. The molecule has 0 aromatic rings. The Labute approximate surface area is 175 Å². The maximum absolute atomic E-state index is 11.8. The van der Waals surface area contributed by atoms with Crippen LogP contribution in [0, 0.1) is 5.92 Å². The van der Waals surface area contributed by atoms with Crippen LogP contribution < -0.4 is 5.32 Å². The van der Waals surface area contributed by atoms with Crippen molar-refractivity contribution < 1.29 is 19.0 Å². The molecule has 1 fully saturated rings. The Morgan fingerprint density at radius 1 is 1.15 bits per heavy atom. The molecular formula is C18H36IN3O4. The van der Waals surface area contributed by atoms with E-state index in [0.717, 1.165) is 64.4 Å². The lowest BCUT2D eigenvalue weighted by atomic mass is 9.97. The number of halogens is 1. The van der Waals surface area contributed by atoms with Gasteiger partial charge >= 0.3 is 5.97 Å². The minimum absolute atomic E-state index is 0. The van der Waals surface area contributed by atoms with Crippen LogP contribution >= 0.6 is 24.0 Å². The maximum atomic E-state index is 11.8. The molecule has 0 aromatic carbocycles. The zero-order valence-corrected chi connectivity index (χ0v) is 18.8. The van der Waals surface area contributed by atoms with E-state index in [9.17, 15) is 4.79 Å². The number of esters is 1.